The molecule has 0 spiro atoms. The quantitative estimate of drug-likeness (QED) is 0.486. The minimum Gasteiger partial charge on any atom is -0.351 e. The zero-order chi connectivity index (χ0) is 23.0. The van der Waals surface area contributed by atoms with Gasteiger partial charge < -0.3 is 16.0 Å². The molecule has 0 radical (unpaired) electrons. The summed E-state index contributed by atoms with van der Waals surface area (Å²) in [5.74, 6) is 0.0546. The highest BCUT2D eigenvalue weighted by Crippen LogP contribution is 2.20. The van der Waals surface area contributed by atoms with Crippen molar-refractivity contribution in [1.82, 2.24) is 10.2 Å². The number of likely N-dealkylation sites (tertiary alicyclic amines) is 1. The second-order valence-electron chi connectivity index (χ2n) is 8.48. The van der Waals surface area contributed by atoms with E-state index in [2.05, 4.69) is 33.0 Å². The van der Waals surface area contributed by atoms with E-state index >= 15 is 0 Å². The molecule has 1 aliphatic rings. The van der Waals surface area contributed by atoms with E-state index in [1.807, 2.05) is 73.7 Å². The minimum atomic E-state index is -0.302. The SMILES string of the molecule is Cc1cccc(NC(=O)Nc2cccc(CNC(=O)C3CCCN3Cc3ccccc3)c2)c1. The highest BCUT2D eigenvalue weighted by Gasteiger charge is 2.30. The number of rotatable bonds is 7. The molecule has 1 atom stereocenters. The van der Waals surface area contributed by atoms with Gasteiger partial charge in [-0.15, -0.1) is 0 Å². The molecule has 3 amide bonds. The number of benzene rings is 3. The standard InChI is InChI=1S/C27H30N4O2/c1-20-8-5-12-23(16-20)29-27(33)30-24-13-6-11-22(17-24)18-28-26(32)25-14-7-15-31(25)19-21-9-3-2-4-10-21/h2-6,8-13,16-17,25H,7,14-15,18-19H2,1H3,(H,28,32)(H2,29,30,33). The molecule has 3 aromatic rings. The highest BCUT2D eigenvalue weighted by molar-refractivity contribution is 5.99. The molecule has 33 heavy (non-hydrogen) atoms. The molecule has 1 saturated heterocycles. The van der Waals surface area contributed by atoms with Gasteiger partial charge in [-0.05, 0) is 67.3 Å². The van der Waals surface area contributed by atoms with Gasteiger partial charge in [0, 0.05) is 24.5 Å². The summed E-state index contributed by atoms with van der Waals surface area (Å²) >= 11 is 0. The minimum absolute atomic E-state index is 0.0546. The Hall–Kier alpha value is -3.64. The van der Waals surface area contributed by atoms with E-state index in [0.717, 1.165) is 42.7 Å². The Balaban J connectivity index is 1.30. The molecule has 1 unspecified atom stereocenters. The lowest BCUT2D eigenvalue weighted by Crippen LogP contribution is -2.42. The molecular formula is C27H30N4O2. The second-order valence-corrected chi connectivity index (χ2v) is 8.48. The molecule has 170 valence electrons. The van der Waals surface area contributed by atoms with Crippen LogP contribution in [0.1, 0.15) is 29.5 Å². The Morgan fingerprint density at radius 3 is 2.33 bits per heavy atom. The molecule has 1 fully saturated rings. The number of urea groups is 1. The van der Waals surface area contributed by atoms with Crippen molar-refractivity contribution in [3.8, 4) is 0 Å². The van der Waals surface area contributed by atoms with Crippen LogP contribution in [0.2, 0.25) is 0 Å². The van der Waals surface area contributed by atoms with Crippen LogP contribution < -0.4 is 16.0 Å². The molecule has 3 N–H and O–H groups in total. The first-order chi connectivity index (χ1) is 16.1. The summed E-state index contributed by atoms with van der Waals surface area (Å²) in [6, 6.07) is 25.0. The predicted molar refractivity (Wildman–Crippen MR) is 132 cm³/mol. The van der Waals surface area contributed by atoms with Crippen molar-refractivity contribution in [1.29, 1.82) is 0 Å². The maximum atomic E-state index is 12.9. The Kier molecular flexibility index (Phi) is 7.37. The fraction of sp³-hybridized carbons (Fsp3) is 0.259. The third-order valence-corrected chi connectivity index (χ3v) is 5.82. The Morgan fingerprint density at radius 1 is 0.879 bits per heavy atom. The van der Waals surface area contributed by atoms with Gasteiger partial charge in [0.1, 0.15) is 0 Å². The number of anilines is 2. The number of nitrogens with one attached hydrogen (secondary N) is 3. The van der Waals surface area contributed by atoms with Crippen molar-refractivity contribution in [3.63, 3.8) is 0 Å². The largest absolute Gasteiger partial charge is 0.351 e. The van der Waals surface area contributed by atoms with Crippen LogP contribution >= 0.6 is 0 Å². The molecule has 6 heteroatoms. The van der Waals surface area contributed by atoms with Gasteiger partial charge in [0.15, 0.2) is 0 Å². The van der Waals surface area contributed by atoms with Crippen molar-refractivity contribution < 1.29 is 9.59 Å². The lowest BCUT2D eigenvalue weighted by Gasteiger charge is -2.23. The summed E-state index contributed by atoms with van der Waals surface area (Å²) in [4.78, 5) is 27.5. The van der Waals surface area contributed by atoms with Crippen molar-refractivity contribution in [2.45, 2.75) is 38.9 Å². The summed E-state index contributed by atoms with van der Waals surface area (Å²) in [7, 11) is 0. The van der Waals surface area contributed by atoms with Crippen LogP contribution in [0.5, 0.6) is 0 Å². The van der Waals surface area contributed by atoms with E-state index in [0.29, 0.717) is 12.2 Å². The van der Waals surface area contributed by atoms with Crippen LogP contribution in [0.25, 0.3) is 0 Å². The predicted octanol–water partition coefficient (Wildman–Crippen LogP) is 4.92. The number of aryl methyl sites for hydroxylation is 1. The van der Waals surface area contributed by atoms with E-state index in [1.54, 1.807) is 0 Å². The van der Waals surface area contributed by atoms with E-state index in [4.69, 9.17) is 0 Å². The fourth-order valence-electron chi connectivity index (χ4n) is 4.21. The number of amides is 3. The summed E-state index contributed by atoms with van der Waals surface area (Å²) < 4.78 is 0. The van der Waals surface area contributed by atoms with Gasteiger partial charge in [-0.3, -0.25) is 9.69 Å². The first kappa shape index (κ1) is 22.6. The van der Waals surface area contributed by atoms with Crippen LogP contribution in [0, 0.1) is 6.92 Å². The van der Waals surface area contributed by atoms with E-state index in [1.165, 1.54) is 5.56 Å². The monoisotopic (exact) mass is 442 g/mol. The fourth-order valence-corrected chi connectivity index (χ4v) is 4.21. The lowest BCUT2D eigenvalue weighted by molar-refractivity contribution is -0.125. The second kappa shape index (κ2) is 10.8. The van der Waals surface area contributed by atoms with Crippen molar-refractivity contribution in [3.05, 3.63) is 95.6 Å². The molecule has 0 saturated carbocycles. The Bertz CT molecular complexity index is 1100. The number of carbonyl (C=O) groups excluding carboxylic acids is 2. The van der Waals surface area contributed by atoms with Gasteiger partial charge in [-0.1, -0.05) is 54.6 Å². The summed E-state index contributed by atoms with van der Waals surface area (Å²) in [5, 5.41) is 8.77. The average molecular weight is 443 g/mol. The normalized spacial score (nSPS) is 15.7. The van der Waals surface area contributed by atoms with Crippen molar-refractivity contribution >= 4 is 23.3 Å². The molecule has 4 rings (SSSR count). The van der Waals surface area contributed by atoms with Gasteiger partial charge in [-0.25, -0.2) is 4.79 Å². The number of carbonyl (C=O) groups is 2. The van der Waals surface area contributed by atoms with Crippen LogP contribution in [0.15, 0.2) is 78.9 Å². The van der Waals surface area contributed by atoms with Gasteiger partial charge >= 0.3 is 6.03 Å². The Morgan fingerprint density at radius 2 is 1.58 bits per heavy atom. The molecular weight excluding hydrogens is 412 g/mol. The van der Waals surface area contributed by atoms with Crippen LogP contribution in [-0.4, -0.2) is 29.4 Å². The highest BCUT2D eigenvalue weighted by atomic mass is 16.2. The third kappa shape index (κ3) is 6.43. The molecule has 6 nitrogen and oxygen atoms in total. The smallest absolute Gasteiger partial charge is 0.323 e. The molecule has 1 aliphatic heterocycles. The molecule has 0 aliphatic carbocycles. The zero-order valence-corrected chi connectivity index (χ0v) is 18.9. The van der Waals surface area contributed by atoms with E-state index in [9.17, 15) is 9.59 Å². The van der Waals surface area contributed by atoms with Gasteiger partial charge in [0.25, 0.3) is 0 Å². The lowest BCUT2D eigenvalue weighted by atomic mass is 10.1. The Labute approximate surface area is 195 Å². The molecule has 3 aromatic carbocycles. The maximum absolute atomic E-state index is 12.9. The number of hydrogen-bond donors (Lipinski definition) is 3. The van der Waals surface area contributed by atoms with Gasteiger partial charge in [0.05, 0.1) is 6.04 Å². The number of nitrogens with zero attached hydrogens (tertiary/aromatic N) is 1. The summed E-state index contributed by atoms with van der Waals surface area (Å²) in [5.41, 5.74) is 4.66. The average Bonchev–Trinajstić information content (AvgIpc) is 3.26. The molecule has 0 bridgehead atoms. The zero-order valence-electron chi connectivity index (χ0n) is 18.9. The van der Waals surface area contributed by atoms with Crippen LogP contribution in [0.3, 0.4) is 0 Å². The van der Waals surface area contributed by atoms with Crippen LogP contribution in [0.4, 0.5) is 16.2 Å². The van der Waals surface area contributed by atoms with E-state index < -0.39 is 0 Å². The molecule has 0 aromatic heterocycles. The maximum Gasteiger partial charge on any atom is 0.323 e. The van der Waals surface area contributed by atoms with Gasteiger partial charge in [0.2, 0.25) is 5.91 Å². The topological polar surface area (TPSA) is 73.5 Å². The molecule has 1 heterocycles. The van der Waals surface area contributed by atoms with E-state index in [-0.39, 0.29) is 18.0 Å². The van der Waals surface area contributed by atoms with Crippen molar-refractivity contribution in [2.24, 2.45) is 0 Å². The summed E-state index contributed by atoms with van der Waals surface area (Å²) in [6.45, 7) is 4.12. The van der Waals surface area contributed by atoms with Gasteiger partial charge in [-0.2, -0.15) is 0 Å². The summed E-state index contributed by atoms with van der Waals surface area (Å²) in [6.07, 6.45) is 1.90. The first-order valence-electron chi connectivity index (χ1n) is 11.4. The third-order valence-electron chi connectivity index (χ3n) is 5.82. The number of hydrogen-bond acceptors (Lipinski definition) is 3. The van der Waals surface area contributed by atoms with Crippen LogP contribution in [-0.2, 0) is 17.9 Å². The first-order valence-corrected chi connectivity index (χ1v) is 11.4. The van der Waals surface area contributed by atoms with Crippen molar-refractivity contribution in [2.75, 3.05) is 17.2 Å².